The molecule has 2 heterocycles. The van der Waals surface area contributed by atoms with Crippen molar-refractivity contribution in [2.45, 2.75) is 45.0 Å². The van der Waals surface area contributed by atoms with E-state index in [2.05, 4.69) is 40.2 Å². The first-order valence-electron chi connectivity index (χ1n) is 10.1. The first-order chi connectivity index (χ1) is 13.5. The van der Waals surface area contributed by atoms with E-state index in [0.717, 1.165) is 44.5 Å². The van der Waals surface area contributed by atoms with E-state index in [0.29, 0.717) is 25.0 Å². The second-order valence-electron chi connectivity index (χ2n) is 7.66. The predicted molar refractivity (Wildman–Crippen MR) is 113 cm³/mol. The molecular formula is C22H31ClN2O3. The first-order valence-corrected chi connectivity index (χ1v) is 10.4. The van der Waals surface area contributed by atoms with Crippen molar-refractivity contribution >= 4 is 16.8 Å². The third-order valence-corrected chi connectivity index (χ3v) is 5.29. The topological polar surface area (TPSA) is 43.3 Å². The van der Waals surface area contributed by atoms with Crippen molar-refractivity contribution < 1.29 is 14.2 Å². The summed E-state index contributed by atoms with van der Waals surface area (Å²) in [6, 6.07) is 10.7. The van der Waals surface area contributed by atoms with Crippen LogP contribution in [0.4, 0.5) is 0 Å². The van der Waals surface area contributed by atoms with Crippen LogP contribution in [0.15, 0.2) is 47.1 Å². The minimum atomic E-state index is -0.414. The highest BCUT2D eigenvalue weighted by molar-refractivity contribution is 6.64. The monoisotopic (exact) mass is 406 g/mol. The number of likely N-dealkylation sites (tertiary alicyclic amines) is 1. The summed E-state index contributed by atoms with van der Waals surface area (Å²) in [5, 5.41) is 0.518. The molecule has 1 unspecified atom stereocenters. The minimum absolute atomic E-state index is 0.00179. The van der Waals surface area contributed by atoms with Gasteiger partial charge in [0.1, 0.15) is 11.3 Å². The predicted octanol–water partition coefficient (Wildman–Crippen LogP) is 4.01. The summed E-state index contributed by atoms with van der Waals surface area (Å²) in [5.41, 5.74) is 2.42. The molecule has 154 valence electrons. The molecule has 2 saturated heterocycles. The van der Waals surface area contributed by atoms with Gasteiger partial charge in [0.2, 0.25) is 0 Å². The summed E-state index contributed by atoms with van der Waals surface area (Å²) < 4.78 is 18.1. The quantitative estimate of drug-likeness (QED) is 0.612. The van der Waals surface area contributed by atoms with Gasteiger partial charge < -0.3 is 19.1 Å². The van der Waals surface area contributed by atoms with E-state index in [1.54, 1.807) is 13.1 Å². The molecular weight excluding hydrogens is 376 g/mol. The molecule has 0 aliphatic carbocycles. The average molecular weight is 407 g/mol. The Labute approximate surface area is 173 Å². The lowest BCUT2D eigenvalue weighted by molar-refractivity contribution is -0.198. The number of aliphatic imine (C=N–C) groups is 1. The molecule has 2 fully saturated rings. The van der Waals surface area contributed by atoms with Crippen LogP contribution in [0.3, 0.4) is 0 Å². The van der Waals surface area contributed by atoms with E-state index in [1.807, 2.05) is 6.92 Å². The second-order valence-corrected chi connectivity index (χ2v) is 8.20. The van der Waals surface area contributed by atoms with E-state index >= 15 is 0 Å². The highest BCUT2D eigenvalue weighted by Gasteiger charge is 2.43. The standard InChI is InChI=1S/C22H31ClN2O3/c1-18(14-24-19(2)23)15-26-16-21-17-27-22(28-21)9-12-25(13-10-22)11-8-20-6-4-3-5-7-20/h3-7,14,21H,8-13,15-17H2,1-2H3/b18-14+,24-19?. The fourth-order valence-electron chi connectivity index (χ4n) is 3.60. The molecule has 0 N–H and O–H groups in total. The van der Waals surface area contributed by atoms with E-state index in [4.69, 9.17) is 25.8 Å². The molecule has 0 aromatic heterocycles. The van der Waals surface area contributed by atoms with Crippen molar-refractivity contribution in [3.63, 3.8) is 0 Å². The Hall–Kier alpha value is -1.24. The molecule has 1 aromatic carbocycles. The summed E-state index contributed by atoms with van der Waals surface area (Å²) in [7, 11) is 0. The lowest BCUT2D eigenvalue weighted by Gasteiger charge is -2.38. The number of nitrogens with zero attached hydrogens (tertiary/aromatic N) is 2. The zero-order valence-electron chi connectivity index (χ0n) is 16.9. The maximum Gasteiger partial charge on any atom is 0.171 e. The largest absolute Gasteiger partial charge is 0.374 e. The summed E-state index contributed by atoms with van der Waals surface area (Å²) >= 11 is 5.73. The van der Waals surface area contributed by atoms with Crippen molar-refractivity contribution in [2.24, 2.45) is 4.99 Å². The Kier molecular flexibility index (Phi) is 8.06. The van der Waals surface area contributed by atoms with Crippen LogP contribution in [-0.2, 0) is 20.6 Å². The zero-order valence-corrected chi connectivity index (χ0v) is 17.7. The number of benzene rings is 1. The van der Waals surface area contributed by atoms with Crippen LogP contribution in [0.2, 0.25) is 0 Å². The van der Waals surface area contributed by atoms with Crippen LogP contribution in [0, 0.1) is 0 Å². The van der Waals surface area contributed by atoms with Crippen molar-refractivity contribution in [2.75, 3.05) is 39.5 Å². The summed E-state index contributed by atoms with van der Waals surface area (Å²) in [4.78, 5) is 6.57. The van der Waals surface area contributed by atoms with Gasteiger partial charge >= 0.3 is 0 Å². The number of ether oxygens (including phenoxy) is 3. The first kappa shape index (κ1) is 21.5. The van der Waals surface area contributed by atoms with Crippen LogP contribution in [0.25, 0.3) is 0 Å². The Balaban J connectivity index is 1.35. The number of hydrogen-bond donors (Lipinski definition) is 0. The fraction of sp³-hybridized carbons (Fsp3) is 0.591. The van der Waals surface area contributed by atoms with Crippen molar-refractivity contribution in [1.82, 2.24) is 4.90 Å². The molecule has 2 aliphatic heterocycles. The average Bonchev–Trinajstić information content (AvgIpc) is 3.09. The summed E-state index contributed by atoms with van der Waals surface area (Å²) in [5.74, 6) is -0.414. The number of hydrogen-bond acceptors (Lipinski definition) is 5. The Bertz CT molecular complexity index is 666. The van der Waals surface area contributed by atoms with Crippen LogP contribution < -0.4 is 0 Å². The maximum atomic E-state index is 6.24. The van der Waals surface area contributed by atoms with Gasteiger partial charge in [-0.05, 0) is 31.4 Å². The smallest absolute Gasteiger partial charge is 0.171 e. The molecule has 2 aliphatic rings. The summed E-state index contributed by atoms with van der Waals surface area (Å²) in [6.07, 6.45) is 4.66. The van der Waals surface area contributed by atoms with Crippen LogP contribution in [0.1, 0.15) is 32.3 Å². The van der Waals surface area contributed by atoms with Crippen LogP contribution in [0.5, 0.6) is 0 Å². The fourth-order valence-corrected chi connectivity index (χ4v) is 3.65. The van der Waals surface area contributed by atoms with Gasteiger partial charge in [-0.15, -0.1) is 0 Å². The molecule has 1 aromatic rings. The van der Waals surface area contributed by atoms with E-state index < -0.39 is 5.79 Å². The Morgan fingerprint density at radius 2 is 2.04 bits per heavy atom. The molecule has 0 amide bonds. The highest BCUT2D eigenvalue weighted by atomic mass is 35.5. The third kappa shape index (κ3) is 6.68. The maximum absolute atomic E-state index is 6.24. The Morgan fingerprint density at radius 1 is 1.29 bits per heavy atom. The molecule has 5 nitrogen and oxygen atoms in total. The molecule has 0 radical (unpaired) electrons. The molecule has 6 heteroatoms. The molecule has 0 saturated carbocycles. The van der Waals surface area contributed by atoms with Crippen molar-refractivity contribution in [3.05, 3.63) is 47.7 Å². The van der Waals surface area contributed by atoms with E-state index in [1.165, 1.54) is 5.56 Å². The van der Waals surface area contributed by atoms with Gasteiger partial charge in [0.05, 0.1) is 19.8 Å². The Morgan fingerprint density at radius 3 is 2.75 bits per heavy atom. The minimum Gasteiger partial charge on any atom is -0.374 e. The zero-order chi connectivity index (χ0) is 19.8. The van der Waals surface area contributed by atoms with Gasteiger partial charge in [-0.2, -0.15) is 0 Å². The van der Waals surface area contributed by atoms with Crippen LogP contribution >= 0.6 is 11.6 Å². The molecule has 0 bridgehead atoms. The van der Waals surface area contributed by atoms with Gasteiger partial charge in [0.15, 0.2) is 5.79 Å². The van der Waals surface area contributed by atoms with Gasteiger partial charge in [0.25, 0.3) is 0 Å². The van der Waals surface area contributed by atoms with Gasteiger partial charge in [0, 0.05) is 38.7 Å². The van der Waals surface area contributed by atoms with Gasteiger partial charge in [-0.25, -0.2) is 4.99 Å². The lowest BCUT2D eigenvalue weighted by Crippen LogP contribution is -2.46. The number of piperidine rings is 1. The summed E-state index contributed by atoms with van der Waals surface area (Å²) in [6.45, 7) is 8.50. The molecule has 1 spiro atoms. The van der Waals surface area contributed by atoms with Crippen molar-refractivity contribution in [1.29, 1.82) is 0 Å². The van der Waals surface area contributed by atoms with E-state index in [-0.39, 0.29) is 6.10 Å². The van der Waals surface area contributed by atoms with Crippen molar-refractivity contribution in [3.8, 4) is 0 Å². The SMILES string of the molecule is CC(Cl)=N/C=C(\C)COCC1COC2(CCN(CCc3ccccc3)CC2)O1. The molecule has 3 rings (SSSR count). The van der Waals surface area contributed by atoms with E-state index in [9.17, 15) is 0 Å². The van der Waals surface area contributed by atoms with Crippen LogP contribution in [-0.4, -0.2) is 61.4 Å². The molecule has 28 heavy (non-hydrogen) atoms. The second kappa shape index (κ2) is 10.5. The van der Waals surface area contributed by atoms with Gasteiger partial charge in [-0.3, -0.25) is 0 Å². The lowest BCUT2D eigenvalue weighted by atomic mass is 10.0. The normalized spacial score (nSPS) is 23.5. The highest BCUT2D eigenvalue weighted by Crippen LogP contribution is 2.34. The number of rotatable bonds is 8. The third-order valence-electron chi connectivity index (χ3n) is 5.19. The van der Waals surface area contributed by atoms with Gasteiger partial charge in [-0.1, -0.05) is 41.9 Å². The number of halogens is 1. The molecule has 1 atom stereocenters.